The zero-order valence-corrected chi connectivity index (χ0v) is 20.5. The Morgan fingerprint density at radius 2 is 2.06 bits per heavy atom. The van der Waals surface area contributed by atoms with E-state index in [0.29, 0.717) is 18.3 Å². The monoisotopic (exact) mass is 484 g/mol. The van der Waals surface area contributed by atoms with Gasteiger partial charge in [-0.25, -0.2) is 9.97 Å². The minimum atomic E-state index is -0.754. The summed E-state index contributed by atoms with van der Waals surface area (Å²) >= 11 is 1.69. The van der Waals surface area contributed by atoms with Gasteiger partial charge in [-0.15, -0.1) is 11.3 Å². The second-order valence-electron chi connectivity index (χ2n) is 9.40. The zero-order valence-electron chi connectivity index (χ0n) is 19.7. The predicted octanol–water partition coefficient (Wildman–Crippen LogP) is 3.84. The summed E-state index contributed by atoms with van der Waals surface area (Å²) in [6.07, 6.45) is 8.36. The Morgan fingerprint density at radius 1 is 1.26 bits per heavy atom. The van der Waals surface area contributed by atoms with E-state index in [1.54, 1.807) is 24.6 Å². The van der Waals surface area contributed by atoms with Crippen LogP contribution in [0.4, 0.5) is 0 Å². The van der Waals surface area contributed by atoms with Gasteiger partial charge in [0.25, 0.3) is 0 Å². The van der Waals surface area contributed by atoms with Gasteiger partial charge in [-0.2, -0.15) is 5.26 Å². The second kappa shape index (κ2) is 10.5. The molecule has 2 unspecified atom stereocenters. The van der Waals surface area contributed by atoms with E-state index in [-0.39, 0.29) is 18.6 Å². The van der Waals surface area contributed by atoms with Gasteiger partial charge in [-0.3, -0.25) is 9.69 Å². The van der Waals surface area contributed by atoms with Gasteiger partial charge in [0.15, 0.2) is 0 Å². The third-order valence-corrected chi connectivity index (χ3v) is 8.60. The van der Waals surface area contributed by atoms with Crippen LogP contribution < -0.4 is 4.74 Å². The number of ether oxygens (including phenoxy) is 3. The molecule has 1 saturated heterocycles. The van der Waals surface area contributed by atoms with Crippen molar-refractivity contribution in [3.63, 3.8) is 0 Å². The van der Waals surface area contributed by atoms with Gasteiger partial charge in [0.1, 0.15) is 23.2 Å². The van der Waals surface area contributed by atoms with Crippen molar-refractivity contribution in [2.24, 2.45) is 5.92 Å². The molecule has 2 aromatic rings. The van der Waals surface area contributed by atoms with Crippen molar-refractivity contribution in [1.29, 1.82) is 5.26 Å². The highest BCUT2D eigenvalue weighted by molar-refractivity contribution is 7.19. The van der Waals surface area contributed by atoms with E-state index in [9.17, 15) is 10.1 Å². The first-order chi connectivity index (χ1) is 16.7. The minimum Gasteiger partial charge on any atom is -0.474 e. The standard InChI is InChI=1S/C25H32N4O4S/c1-2-32-25(30)17(14-26)13-16-3-8-20-21(16)22-23(27-15-28-24(22)34-20)33-19-6-4-18(5-7-19)29-9-11-31-12-10-29/h15-19H,2-13H2,1H3. The molecule has 2 aromatic heterocycles. The highest BCUT2D eigenvalue weighted by atomic mass is 32.1. The van der Waals surface area contributed by atoms with Gasteiger partial charge in [0.05, 0.1) is 31.3 Å². The molecule has 0 spiro atoms. The molecule has 9 heteroatoms. The molecule has 1 aliphatic heterocycles. The lowest BCUT2D eigenvalue weighted by atomic mass is 9.90. The van der Waals surface area contributed by atoms with Crippen LogP contribution in [-0.4, -0.2) is 65.9 Å². The number of hydrogen-bond acceptors (Lipinski definition) is 9. The lowest BCUT2D eigenvalue weighted by Crippen LogP contribution is -2.46. The molecular formula is C25H32N4O4S. The maximum absolute atomic E-state index is 12.2. The fraction of sp³-hybridized carbons (Fsp3) is 0.680. The average molecular weight is 485 g/mol. The van der Waals surface area contributed by atoms with Gasteiger partial charge in [-0.05, 0) is 63.4 Å². The van der Waals surface area contributed by atoms with Crippen molar-refractivity contribution in [2.45, 2.75) is 69.9 Å². The number of esters is 1. The number of rotatable bonds is 7. The van der Waals surface area contributed by atoms with Crippen LogP contribution in [0.5, 0.6) is 5.88 Å². The lowest BCUT2D eigenvalue weighted by Gasteiger charge is -2.38. The van der Waals surface area contributed by atoms with E-state index in [2.05, 4.69) is 20.9 Å². The summed E-state index contributed by atoms with van der Waals surface area (Å²) in [5.74, 6) is -0.407. The molecular weight excluding hydrogens is 452 g/mol. The summed E-state index contributed by atoms with van der Waals surface area (Å²) in [4.78, 5) is 26.1. The Balaban J connectivity index is 1.31. The predicted molar refractivity (Wildman–Crippen MR) is 128 cm³/mol. The van der Waals surface area contributed by atoms with Crippen LogP contribution in [0.25, 0.3) is 10.2 Å². The number of nitrogens with zero attached hydrogens (tertiary/aromatic N) is 4. The van der Waals surface area contributed by atoms with Crippen LogP contribution in [0.1, 0.15) is 61.8 Å². The largest absolute Gasteiger partial charge is 0.474 e. The second-order valence-corrected chi connectivity index (χ2v) is 10.5. The zero-order chi connectivity index (χ0) is 23.5. The van der Waals surface area contributed by atoms with E-state index in [4.69, 9.17) is 14.2 Å². The van der Waals surface area contributed by atoms with Gasteiger partial charge in [0.2, 0.25) is 5.88 Å². The van der Waals surface area contributed by atoms with Crippen molar-refractivity contribution in [1.82, 2.24) is 14.9 Å². The van der Waals surface area contributed by atoms with Crippen molar-refractivity contribution in [3.05, 3.63) is 16.8 Å². The molecule has 0 N–H and O–H groups in total. The SMILES string of the molecule is CCOC(=O)C(C#N)CC1CCc2sc3ncnc(OC4CCC(N5CCOCC5)CC4)c3c21. The third-order valence-electron chi connectivity index (χ3n) is 7.43. The molecule has 3 aliphatic rings. The van der Waals surface area contributed by atoms with Gasteiger partial charge >= 0.3 is 5.97 Å². The number of hydrogen-bond donors (Lipinski definition) is 0. The molecule has 34 heavy (non-hydrogen) atoms. The van der Waals surface area contributed by atoms with E-state index < -0.39 is 11.9 Å². The maximum Gasteiger partial charge on any atom is 0.323 e. The lowest BCUT2D eigenvalue weighted by molar-refractivity contribution is -0.146. The topological polar surface area (TPSA) is 97.6 Å². The number of nitriles is 1. The van der Waals surface area contributed by atoms with Crippen molar-refractivity contribution >= 4 is 27.5 Å². The molecule has 0 aromatic carbocycles. The van der Waals surface area contributed by atoms with E-state index >= 15 is 0 Å². The summed E-state index contributed by atoms with van der Waals surface area (Å²) in [7, 11) is 0. The molecule has 0 radical (unpaired) electrons. The van der Waals surface area contributed by atoms with Crippen LogP contribution in [0.2, 0.25) is 0 Å². The molecule has 8 nitrogen and oxygen atoms in total. The molecule has 2 atom stereocenters. The van der Waals surface area contributed by atoms with Crippen molar-refractivity contribution in [2.75, 3.05) is 32.9 Å². The highest BCUT2D eigenvalue weighted by Gasteiger charge is 2.35. The quantitative estimate of drug-likeness (QED) is 0.547. The number of morpholine rings is 1. The van der Waals surface area contributed by atoms with Gasteiger partial charge in [-0.1, -0.05) is 0 Å². The first-order valence-electron chi connectivity index (χ1n) is 12.5. The summed E-state index contributed by atoms with van der Waals surface area (Å²) in [5, 5.41) is 10.6. The van der Waals surface area contributed by atoms with Crippen LogP contribution >= 0.6 is 11.3 Å². The van der Waals surface area contributed by atoms with Gasteiger partial charge < -0.3 is 14.2 Å². The number of fused-ring (bicyclic) bond motifs is 3. The van der Waals surface area contributed by atoms with Gasteiger partial charge in [0, 0.05) is 24.0 Å². The number of aromatic nitrogens is 2. The molecule has 0 amide bonds. The molecule has 2 aliphatic carbocycles. The molecule has 1 saturated carbocycles. The normalized spacial score (nSPS) is 26.1. The smallest absolute Gasteiger partial charge is 0.323 e. The van der Waals surface area contributed by atoms with Crippen LogP contribution in [0.3, 0.4) is 0 Å². The molecule has 3 heterocycles. The minimum absolute atomic E-state index is 0.114. The first kappa shape index (κ1) is 23.5. The average Bonchev–Trinajstić information content (AvgIpc) is 3.43. The van der Waals surface area contributed by atoms with E-state index in [1.165, 1.54) is 10.4 Å². The third kappa shape index (κ3) is 4.77. The summed E-state index contributed by atoms with van der Waals surface area (Å²) in [6.45, 7) is 5.78. The fourth-order valence-corrected chi connectivity index (χ4v) is 6.95. The van der Waals surface area contributed by atoms with E-state index in [1.807, 2.05) is 0 Å². The van der Waals surface area contributed by atoms with Crippen molar-refractivity contribution < 1.29 is 19.0 Å². The molecule has 2 fully saturated rings. The number of carbonyl (C=O) groups excluding carboxylic acids is 1. The van der Waals surface area contributed by atoms with Crippen LogP contribution in [0, 0.1) is 17.2 Å². The van der Waals surface area contributed by atoms with E-state index in [0.717, 1.165) is 75.0 Å². The number of thiophene rings is 1. The Hall–Kier alpha value is -2.28. The summed E-state index contributed by atoms with van der Waals surface area (Å²) < 4.78 is 17.1. The fourth-order valence-electron chi connectivity index (χ4n) is 5.72. The molecule has 182 valence electrons. The summed E-state index contributed by atoms with van der Waals surface area (Å²) in [6, 6.07) is 2.77. The van der Waals surface area contributed by atoms with Crippen LogP contribution in [0.15, 0.2) is 6.33 Å². The Labute approximate surface area is 204 Å². The van der Waals surface area contributed by atoms with Crippen LogP contribution in [-0.2, 0) is 20.7 Å². The molecule has 5 rings (SSSR count). The Kier molecular flexibility index (Phi) is 7.28. The van der Waals surface area contributed by atoms with Crippen molar-refractivity contribution in [3.8, 4) is 11.9 Å². The highest BCUT2D eigenvalue weighted by Crippen LogP contribution is 2.48. The Morgan fingerprint density at radius 3 is 2.79 bits per heavy atom. The number of carbonyl (C=O) groups is 1. The summed E-state index contributed by atoms with van der Waals surface area (Å²) in [5.41, 5.74) is 1.18. The Bertz CT molecular complexity index is 1050. The molecule has 0 bridgehead atoms. The first-order valence-corrected chi connectivity index (χ1v) is 13.3. The maximum atomic E-state index is 12.2. The number of aryl methyl sites for hydroxylation is 1.